The quantitative estimate of drug-likeness (QED) is 0.548. The molecule has 4 heteroatoms. The van der Waals surface area contributed by atoms with Crippen LogP contribution in [0.25, 0.3) is 0 Å². The summed E-state index contributed by atoms with van der Waals surface area (Å²) in [7, 11) is 0. The maximum atomic E-state index is 10.4. The van der Waals surface area contributed by atoms with Crippen LogP contribution in [-0.2, 0) is 0 Å². The van der Waals surface area contributed by atoms with Crippen LogP contribution in [0.2, 0.25) is 0 Å². The summed E-state index contributed by atoms with van der Waals surface area (Å²) in [4.78, 5) is 9.99. The molecule has 0 unspecified atom stereocenters. The molecule has 68 valence electrons. The van der Waals surface area contributed by atoms with Crippen molar-refractivity contribution in [2.75, 3.05) is 13.1 Å². The second-order valence-electron chi connectivity index (χ2n) is 3.20. The van der Waals surface area contributed by atoms with Crippen LogP contribution in [0.1, 0.15) is 11.5 Å². The van der Waals surface area contributed by atoms with E-state index in [1.807, 2.05) is 12.1 Å². The average molecular weight is 178 g/mol. The lowest BCUT2D eigenvalue weighted by Gasteiger charge is -2.27. The van der Waals surface area contributed by atoms with E-state index < -0.39 is 0 Å². The minimum atomic E-state index is -0.372. The summed E-state index contributed by atoms with van der Waals surface area (Å²) >= 11 is 0. The third-order valence-electron chi connectivity index (χ3n) is 2.36. The molecule has 1 fully saturated rings. The van der Waals surface area contributed by atoms with Gasteiger partial charge in [-0.25, -0.2) is 0 Å². The van der Waals surface area contributed by atoms with Gasteiger partial charge < -0.3 is 5.32 Å². The number of rotatable bonds is 2. The fraction of sp³-hybridized carbons (Fsp3) is 0.333. The highest BCUT2D eigenvalue weighted by molar-refractivity contribution is 5.35. The van der Waals surface area contributed by atoms with Gasteiger partial charge in [0.25, 0.3) is 5.69 Å². The number of hydrogen-bond donors (Lipinski definition) is 1. The van der Waals surface area contributed by atoms with Crippen LogP contribution in [0.5, 0.6) is 0 Å². The Labute approximate surface area is 75.7 Å². The summed E-state index contributed by atoms with van der Waals surface area (Å²) in [5.41, 5.74) is 1.35. The fourth-order valence-corrected chi connectivity index (χ4v) is 1.39. The van der Waals surface area contributed by atoms with Crippen LogP contribution in [0.15, 0.2) is 24.3 Å². The third kappa shape index (κ3) is 1.53. The summed E-state index contributed by atoms with van der Waals surface area (Å²) in [6, 6.07) is 6.80. The zero-order chi connectivity index (χ0) is 9.26. The van der Waals surface area contributed by atoms with Crippen LogP contribution in [-0.4, -0.2) is 18.0 Å². The highest BCUT2D eigenvalue weighted by Gasteiger charge is 2.19. The molecule has 0 radical (unpaired) electrons. The molecule has 0 spiro atoms. The molecule has 0 aromatic heterocycles. The van der Waals surface area contributed by atoms with Gasteiger partial charge in [-0.15, -0.1) is 0 Å². The zero-order valence-corrected chi connectivity index (χ0v) is 7.06. The van der Waals surface area contributed by atoms with Crippen LogP contribution in [0, 0.1) is 10.1 Å². The SMILES string of the molecule is O=[N+]([O-])c1ccc(C2CNC2)cc1. The first-order chi connectivity index (χ1) is 6.27. The summed E-state index contributed by atoms with van der Waals surface area (Å²) in [6.45, 7) is 1.97. The van der Waals surface area contributed by atoms with Gasteiger partial charge in [-0.1, -0.05) is 12.1 Å². The molecule has 0 amide bonds. The minimum absolute atomic E-state index is 0.163. The standard InChI is InChI=1S/C9H10N2O2/c12-11(13)9-3-1-7(2-4-9)8-5-10-6-8/h1-4,8,10H,5-6H2. The van der Waals surface area contributed by atoms with Crippen molar-refractivity contribution in [2.24, 2.45) is 0 Å². The number of nitrogens with zero attached hydrogens (tertiary/aromatic N) is 1. The summed E-state index contributed by atoms with van der Waals surface area (Å²) in [6.07, 6.45) is 0. The number of non-ortho nitro benzene ring substituents is 1. The zero-order valence-electron chi connectivity index (χ0n) is 7.06. The van der Waals surface area contributed by atoms with Gasteiger partial charge in [0.15, 0.2) is 0 Å². The Morgan fingerprint density at radius 1 is 1.31 bits per heavy atom. The molecule has 1 aliphatic heterocycles. The van der Waals surface area contributed by atoms with Crippen molar-refractivity contribution in [1.82, 2.24) is 5.32 Å². The topological polar surface area (TPSA) is 55.2 Å². The van der Waals surface area contributed by atoms with Crippen molar-refractivity contribution in [1.29, 1.82) is 0 Å². The van der Waals surface area contributed by atoms with Gasteiger partial charge in [0.1, 0.15) is 0 Å². The Morgan fingerprint density at radius 2 is 1.92 bits per heavy atom. The molecule has 1 heterocycles. The molecular formula is C9H10N2O2. The van der Waals surface area contributed by atoms with Crippen molar-refractivity contribution in [3.8, 4) is 0 Å². The summed E-state index contributed by atoms with van der Waals surface area (Å²) in [5.74, 6) is 0.542. The largest absolute Gasteiger partial charge is 0.315 e. The Balaban J connectivity index is 2.17. The first kappa shape index (κ1) is 8.19. The van der Waals surface area contributed by atoms with E-state index in [4.69, 9.17) is 0 Å². The van der Waals surface area contributed by atoms with Crippen molar-refractivity contribution in [3.63, 3.8) is 0 Å². The van der Waals surface area contributed by atoms with Gasteiger partial charge in [0.05, 0.1) is 4.92 Å². The Morgan fingerprint density at radius 3 is 2.31 bits per heavy atom. The van der Waals surface area contributed by atoms with E-state index in [1.54, 1.807) is 12.1 Å². The van der Waals surface area contributed by atoms with Gasteiger partial charge in [-0.05, 0) is 5.56 Å². The minimum Gasteiger partial charge on any atom is -0.315 e. The van der Waals surface area contributed by atoms with Crippen molar-refractivity contribution in [2.45, 2.75) is 5.92 Å². The molecule has 2 rings (SSSR count). The van der Waals surface area contributed by atoms with Crippen molar-refractivity contribution in [3.05, 3.63) is 39.9 Å². The van der Waals surface area contributed by atoms with Gasteiger partial charge in [-0.3, -0.25) is 10.1 Å². The summed E-state index contributed by atoms with van der Waals surface area (Å²) < 4.78 is 0. The van der Waals surface area contributed by atoms with E-state index in [0.717, 1.165) is 13.1 Å². The molecule has 1 N–H and O–H groups in total. The summed E-state index contributed by atoms with van der Waals surface area (Å²) in [5, 5.41) is 13.5. The maximum Gasteiger partial charge on any atom is 0.269 e. The molecular weight excluding hydrogens is 168 g/mol. The first-order valence-corrected chi connectivity index (χ1v) is 4.22. The van der Waals surface area contributed by atoms with E-state index >= 15 is 0 Å². The van der Waals surface area contributed by atoms with E-state index in [2.05, 4.69) is 5.32 Å². The highest BCUT2D eigenvalue weighted by Crippen LogP contribution is 2.21. The van der Waals surface area contributed by atoms with E-state index in [0.29, 0.717) is 5.92 Å². The second kappa shape index (κ2) is 3.14. The van der Waals surface area contributed by atoms with Crippen molar-refractivity contribution >= 4 is 5.69 Å². The maximum absolute atomic E-state index is 10.4. The Hall–Kier alpha value is -1.42. The molecule has 1 saturated heterocycles. The van der Waals surface area contributed by atoms with Crippen LogP contribution in [0.4, 0.5) is 5.69 Å². The number of nitrogens with one attached hydrogen (secondary N) is 1. The lowest BCUT2D eigenvalue weighted by atomic mass is 9.94. The normalized spacial score (nSPS) is 16.6. The Kier molecular flexibility index (Phi) is 1.98. The molecule has 0 atom stereocenters. The second-order valence-corrected chi connectivity index (χ2v) is 3.20. The van der Waals surface area contributed by atoms with Crippen molar-refractivity contribution < 1.29 is 4.92 Å². The lowest BCUT2D eigenvalue weighted by Crippen LogP contribution is -2.39. The van der Waals surface area contributed by atoms with E-state index in [-0.39, 0.29) is 10.6 Å². The number of benzene rings is 1. The molecule has 0 saturated carbocycles. The molecule has 1 aromatic carbocycles. The van der Waals surface area contributed by atoms with Crippen LogP contribution >= 0.6 is 0 Å². The fourth-order valence-electron chi connectivity index (χ4n) is 1.39. The lowest BCUT2D eigenvalue weighted by molar-refractivity contribution is -0.384. The van der Waals surface area contributed by atoms with Crippen LogP contribution in [0.3, 0.4) is 0 Å². The van der Waals surface area contributed by atoms with E-state index in [9.17, 15) is 10.1 Å². The monoisotopic (exact) mass is 178 g/mol. The number of nitro groups is 1. The molecule has 13 heavy (non-hydrogen) atoms. The van der Waals surface area contributed by atoms with Gasteiger partial charge in [0, 0.05) is 31.1 Å². The molecule has 1 aliphatic rings. The number of nitro benzene ring substituents is 1. The molecule has 4 nitrogen and oxygen atoms in total. The smallest absolute Gasteiger partial charge is 0.269 e. The van der Waals surface area contributed by atoms with Gasteiger partial charge >= 0.3 is 0 Å². The number of hydrogen-bond acceptors (Lipinski definition) is 3. The van der Waals surface area contributed by atoms with E-state index in [1.165, 1.54) is 5.56 Å². The van der Waals surface area contributed by atoms with Gasteiger partial charge in [0.2, 0.25) is 0 Å². The average Bonchev–Trinajstić information content (AvgIpc) is 2.02. The highest BCUT2D eigenvalue weighted by atomic mass is 16.6. The van der Waals surface area contributed by atoms with Crippen LogP contribution < -0.4 is 5.32 Å². The Bertz CT molecular complexity index is 317. The first-order valence-electron chi connectivity index (χ1n) is 4.22. The molecule has 0 bridgehead atoms. The third-order valence-corrected chi connectivity index (χ3v) is 2.36. The van der Waals surface area contributed by atoms with Gasteiger partial charge in [-0.2, -0.15) is 0 Å². The predicted octanol–water partition coefficient (Wildman–Crippen LogP) is 1.28. The predicted molar refractivity (Wildman–Crippen MR) is 48.7 cm³/mol. The molecule has 0 aliphatic carbocycles. The molecule has 1 aromatic rings.